The van der Waals surface area contributed by atoms with Crippen LogP contribution in [0.15, 0.2) is 30.6 Å². The smallest absolute Gasteiger partial charge is 0.305 e. The van der Waals surface area contributed by atoms with Crippen LogP contribution in [-0.4, -0.2) is 43.0 Å². The van der Waals surface area contributed by atoms with Crippen molar-refractivity contribution in [3.05, 3.63) is 58.9 Å². The van der Waals surface area contributed by atoms with Gasteiger partial charge in [0, 0.05) is 29.8 Å². The summed E-state index contributed by atoms with van der Waals surface area (Å²) in [5.41, 5.74) is -0.504. The Labute approximate surface area is 183 Å². The Balaban J connectivity index is 2.00. The van der Waals surface area contributed by atoms with Gasteiger partial charge in [-0.05, 0) is 36.6 Å². The van der Waals surface area contributed by atoms with Gasteiger partial charge in [0.15, 0.2) is 5.82 Å². The van der Waals surface area contributed by atoms with Crippen molar-refractivity contribution in [3.8, 4) is 0 Å². The molecule has 11 heteroatoms. The number of sulfonamides is 1. The number of methoxy groups -OCH3 is 1. The molecule has 0 atom stereocenters. The third-order valence-electron chi connectivity index (χ3n) is 4.73. The summed E-state index contributed by atoms with van der Waals surface area (Å²) in [5.74, 6) is -4.08. The van der Waals surface area contributed by atoms with E-state index in [1.165, 1.54) is 19.5 Å². The first kappa shape index (κ1) is 23.3. The van der Waals surface area contributed by atoms with Crippen LogP contribution in [0.25, 0.3) is 11.0 Å². The molecule has 2 heterocycles. The minimum Gasteiger partial charge on any atom is -0.469 e. The van der Waals surface area contributed by atoms with Crippen molar-refractivity contribution in [1.82, 2.24) is 9.97 Å². The number of halogens is 2. The number of rotatable bonds is 9. The molecule has 1 aromatic carbocycles. The lowest BCUT2D eigenvalue weighted by Gasteiger charge is -2.11. The molecule has 0 radical (unpaired) electrons. The van der Waals surface area contributed by atoms with E-state index >= 15 is 4.39 Å². The molecular formula is C21H21F2N3O5S. The minimum absolute atomic E-state index is 0.0428. The van der Waals surface area contributed by atoms with Gasteiger partial charge < -0.3 is 9.72 Å². The second-order valence-electron chi connectivity index (χ2n) is 7.05. The van der Waals surface area contributed by atoms with E-state index in [0.29, 0.717) is 29.4 Å². The van der Waals surface area contributed by atoms with Crippen molar-refractivity contribution >= 4 is 38.5 Å². The molecule has 2 aromatic heterocycles. The maximum absolute atomic E-state index is 15.0. The van der Waals surface area contributed by atoms with E-state index < -0.39 is 44.7 Å². The molecule has 8 nitrogen and oxygen atoms in total. The highest BCUT2D eigenvalue weighted by Gasteiger charge is 2.26. The average molecular weight is 465 g/mol. The molecular weight excluding hydrogens is 444 g/mol. The highest BCUT2D eigenvalue weighted by molar-refractivity contribution is 7.92. The lowest BCUT2D eigenvalue weighted by Crippen LogP contribution is -2.18. The van der Waals surface area contributed by atoms with Gasteiger partial charge in [-0.1, -0.05) is 6.92 Å². The van der Waals surface area contributed by atoms with E-state index in [2.05, 4.69) is 14.7 Å². The molecule has 3 aromatic rings. The summed E-state index contributed by atoms with van der Waals surface area (Å²) >= 11 is 0. The number of hydrogen-bond acceptors (Lipinski definition) is 6. The molecule has 170 valence electrons. The van der Waals surface area contributed by atoms with Gasteiger partial charge >= 0.3 is 5.97 Å². The first-order valence-corrected chi connectivity index (χ1v) is 11.4. The number of hydrogen-bond donors (Lipinski definition) is 2. The number of nitrogens with zero attached hydrogens (tertiary/aromatic N) is 1. The van der Waals surface area contributed by atoms with Crippen LogP contribution in [-0.2, 0) is 26.0 Å². The van der Waals surface area contributed by atoms with Gasteiger partial charge in [0.1, 0.15) is 11.5 Å². The van der Waals surface area contributed by atoms with Gasteiger partial charge in [-0.25, -0.2) is 22.2 Å². The molecule has 0 saturated carbocycles. The van der Waals surface area contributed by atoms with Gasteiger partial charge in [-0.2, -0.15) is 0 Å². The first-order chi connectivity index (χ1) is 15.2. The summed E-state index contributed by atoms with van der Waals surface area (Å²) in [6.07, 6.45) is 3.48. The van der Waals surface area contributed by atoms with E-state index in [4.69, 9.17) is 0 Å². The number of fused-ring (bicyclic) bond motifs is 1. The number of pyridine rings is 1. The van der Waals surface area contributed by atoms with Crippen LogP contribution >= 0.6 is 0 Å². The zero-order valence-electron chi connectivity index (χ0n) is 17.4. The van der Waals surface area contributed by atoms with Crippen LogP contribution in [0.3, 0.4) is 0 Å². The monoisotopic (exact) mass is 465 g/mol. The molecule has 0 aliphatic rings. The van der Waals surface area contributed by atoms with Crippen LogP contribution < -0.4 is 4.72 Å². The van der Waals surface area contributed by atoms with Crippen LogP contribution in [0.4, 0.5) is 14.5 Å². The zero-order chi connectivity index (χ0) is 23.5. The number of nitrogens with one attached hydrogen (secondary N) is 2. The zero-order valence-corrected chi connectivity index (χ0v) is 18.2. The molecule has 0 aliphatic carbocycles. The summed E-state index contributed by atoms with van der Waals surface area (Å²) in [6, 6.07) is 3.35. The van der Waals surface area contributed by atoms with Gasteiger partial charge in [-0.3, -0.25) is 14.3 Å². The number of ether oxygens (including phenoxy) is 1. The van der Waals surface area contributed by atoms with Crippen molar-refractivity contribution in [1.29, 1.82) is 0 Å². The lowest BCUT2D eigenvalue weighted by molar-refractivity contribution is -0.140. The molecule has 3 rings (SSSR count). The molecule has 2 N–H and O–H groups in total. The average Bonchev–Trinajstić information content (AvgIpc) is 3.17. The topological polar surface area (TPSA) is 118 Å². The minimum atomic E-state index is -3.85. The Hall–Kier alpha value is -3.34. The van der Waals surface area contributed by atoms with Crippen molar-refractivity contribution in [2.45, 2.75) is 26.2 Å². The third kappa shape index (κ3) is 4.93. The number of aromatic amines is 1. The summed E-state index contributed by atoms with van der Waals surface area (Å²) in [4.78, 5) is 31.4. The van der Waals surface area contributed by atoms with Gasteiger partial charge in [-0.15, -0.1) is 0 Å². The predicted octanol–water partition coefficient (Wildman–Crippen LogP) is 3.33. The van der Waals surface area contributed by atoms with Crippen molar-refractivity contribution < 1.29 is 31.5 Å². The molecule has 0 fully saturated rings. The van der Waals surface area contributed by atoms with Crippen molar-refractivity contribution in [2.24, 2.45) is 0 Å². The number of benzene rings is 1. The maximum atomic E-state index is 15.0. The van der Waals surface area contributed by atoms with Gasteiger partial charge in [0.05, 0.1) is 24.1 Å². The number of aryl methyl sites for hydroxylation is 1. The number of carbonyl (C=O) groups is 2. The number of H-pyrrole nitrogens is 1. The second kappa shape index (κ2) is 9.43. The Bertz CT molecular complexity index is 1290. The molecule has 0 saturated heterocycles. The van der Waals surface area contributed by atoms with E-state index in [1.807, 2.05) is 4.72 Å². The molecule has 0 unspecified atom stereocenters. The van der Waals surface area contributed by atoms with E-state index in [0.717, 1.165) is 12.1 Å². The molecule has 0 amide bonds. The summed E-state index contributed by atoms with van der Waals surface area (Å²) in [5, 5.41) is 0.313. The van der Waals surface area contributed by atoms with Crippen LogP contribution in [0.5, 0.6) is 0 Å². The summed E-state index contributed by atoms with van der Waals surface area (Å²) in [7, 11) is -2.58. The van der Waals surface area contributed by atoms with Crippen molar-refractivity contribution in [2.75, 3.05) is 17.6 Å². The first-order valence-electron chi connectivity index (χ1n) is 9.72. The number of ketones is 1. The lowest BCUT2D eigenvalue weighted by atomic mass is 10.0. The van der Waals surface area contributed by atoms with Crippen molar-refractivity contribution in [3.63, 3.8) is 0 Å². The van der Waals surface area contributed by atoms with Gasteiger partial charge in [0.25, 0.3) is 0 Å². The number of aromatic nitrogens is 2. The predicted molar refractivity (Wildman–Crippen MR) is 114 cm³/mol. The van der Waals surface area contributed by atoms with E-state index in [1.54, 1.807) is 13.0 Å². The van der Waals surface area contributed by atoms with Gasteiger partial charge in [0.2, 0.25) is 15.8 Å². The normalized spacial score (nSPS) is 11.5. The maximum Gasteiger partial charge on any atom is 0.305 e. The Morgan fingerprint density at radius 1 is 1.25 bits per heavy atom. The van der Waals surface area contributed by atoms with Crippen LogP contribution in [0.1, 0.15) is 41.3 Å². The summed E-state index contributed by atoms with van der Waals surface area (Å²) < 4.78 is 60.1. The van der Waals surface area contributed by atoms with Crippen LogP contribution in [0, 0.1) is 11.6 Å². The largest absolute Gasteiger partial charge is 0.469 e. The fraction of sp³-hybridized carbons (Fsp3) is 0.286. The van der Waals surface area contributed by atoms with E-state index in [-0.39, 0.29) is 17.7 Å². The highest BCUT2D eigenvalue weighted by atomic mass is 32.2. The summed E-state index contributed by atoms with van der Waals surface area (Å²) in [6.45, 7) is 1.64. The Kier molecular flexibility index (Phi) is 6.87. The SMILES string of the molecule is CCCS(=O)(=O)Nc1ccc(F)c(C(=O)c2c[nH]c3ncc(CCC(=O)OC)cc23)c1F. The molecule has 0 aliphatic heterocycles. The molecule has 32 heavy (non-hydrogen) atoms. The number of esters is 1. The number of carbonyl (C=O) groups excluding carboxylic acids is 2. The fourth-order valence-electron chi connectivity index (χ4n) is 3.18. The highest BCUT2D eigenvalue weighted by Crippen LogP contribution is 2.28. The molecule has 0 bridgehead atoms. The quantitative estimate of drug-likeness (QED) is 0.370. The molecule has 0 spiro atoms. The fourth-order valence-corrected chi connectivity index (χ4v) is 4.31. The Morgan fingerprint density at radius 2 is 2.00 bits per heavy atom. The second-order valence-corrected chi connectivity index (χ2v) is 8.89. The van der Waals surface area contributed by atoms with E-state index in [9.17, 15) is 22.4 Å². The Morgan fingerprint density at radius 3 is 2.69 bits per heavy atom. The third-order valence-corrected chi connectivity index (χ3v) is 6.21. The van der Waals surface area contributed by atoms with Crippen LogP contribution in [0.2, 0.25) is 0 Å². The standard InChI is InChI=1S/C21H21F2N3O5S/c1-3-8-32(29,30)26-16-6-5-15(22)18(19(16)23)20(28)14-11-25-21-13(14)9-12(10-24-21)4-7-17(27)31-2/h5-6,9-11,26H,3-4,7-8H2,1-2H3,(H,24,25). The number of anilines is 1.